The number of hydrogen-bond donors (Lipinski definition) is 1. The number of benzene rings is 1. The number of carbonyl (C=O) groups excluding carboxylic acids is 1. The molecule has 0 heterocycles. The van der Waals surface area contributed by atoms with E-state index in [0.717, 1.165) is 25.9 Å². The van der Waals surface area contributed by atoms with Crippen molar-refractivity contribution in [2.24, 2.45) is 5.92 Å². The minimum Gasteiger partial charge on any atom is -0.352 e. The van der Waals surface area contributed by atoms with Crippen molar-refractivity contribution in [2.45, 2.75) is 58.5 Å². The molecule has 1 saturated carbocycles. The Kier molecular flexibility index (Phi) is 6.91. The third-order valence-corrected chi connectivity index (χ3v) is 4.61. The van der Waals surface area contributed by atoms with Crippen molar-refractivity contribution < 1.29 is 4.79 Å². The molecule has 3 heteroatoms. The maximum atomic E-state index is 12.4. The molecule has 0 saturated heterocycles. The Labute approximate surface area is 135 Å². The van der Waals surface area contributed by atoms with Gasteiger partial charge in [-0.05, 0) is 37.3 Å². The highest BCUT2D eigenvalue weighted by Crippen LogP contribution is 2.23. The fourth-order valence-electron chi connectivity index (χ4n) is 3.36. The van der Waals surface area contributed by atoms with Crippen molar-refractivity contribution in [3.8, 4) is 0 Å². The third kappa shape index (κ3) is 5.45. The minimum atomic E-state index is 0.183. The predicted octanol–water partition coefficient (Wildman–Crippen LogP) is 3.59. The smallest absolute Gasteiger partial charge is 0.234 e. The van der Waals surface area contributed by atoms with Crippen LogP contribution >= 0.6 is 0 Å². The number of carbonyl (C=O) groups is 1. The summed E-state index contributed by atoms with van der Waals surface area (Å²) >= 11 is 0. The maximum Gasteiger partial charge on any atom is 0.234 e. The zero-order chi connectivity index (χ0) is 15.8. The largest absolute Gasteiger partial charge is 0.352 e. The topological polar surface area (TPSA) is 32.3 Å². The molecular weight excluding hydrogens is 272 g/mol. The molecule has 0 aliphatic heterocycles. The van der Waals surface area contributed by atoms with E-state index < -0.39 is 0 Å². The van der Waals surface area contributed by atoms with Crippen molar-refractivity contribution >= 4 is 5.91 Å². The Hall–Kier alpha value is -1.35. The van der Waals surface area contributed by atoms with Crippen LogP contribution < -0.4 is 5.32 Å². The van der Waals surface area contributed by atoms with Crippen LogP contribution in [0.5, 0.6) is 0 Å². The van der Waals surface area contributed by atoms with E-state index in [-0.39, 0.29) is 5.91 Å². The summed E-state index contributed by atoms with van der Waals surface area (Å²) in [7, 11) is 0. The van der Waals surface area contributed by atoms with Crippen LogP contribution in [0.4, 0.5) is 0 Å². The first-order chi connectivity index (χ1) is 10.7. The second kappa shape index (κ2) is 8.94. The SMILES string of the molecule is CCCN(CC(=O)NC1CCCCC1C)Cc1ccccc1. The van der Waals surface area contributed by atoms with Gasteiger partial charge >= 0.3 is 0 Å². The predicted molar refractivity (Wildman–Crippen MR) is 91.6 cm³/mol. The Morgan fingerprint density at radius 2 is 1.95 bits per heavy atom. The van der Waals surface area contributed by atoms with Gasteiger partial charge in [0.2, 0.25) is 5.91 Å². The summed E-state index contributed by atoms with van der Waals surface area (Å²) in [5, 5.41) is 3.26. The number of hydrogen-bond acceptors (Lipinski definition) is 2. The monoisotopic (exact) mass is 302 g/mol. The van der Waals surface area contributed by atoms with E-state index in [9.17, 15) is 4.79 Å². The summed E-state index contributed by atoms with van der Waals surface area (Å²) in [5.74, 6) is 0.801. The van der Waals surface area contributed by atoms with Gasteiger partial charge < -0.3 is 5.32 Å². The molecule has 1 N–H and O–H groups in total. The molecule has 0 bridgehead atoms. The van der Waals surface area contributed by atoms with Crippen LogP contribution in [0.1, 0.15) is 51.5 Å². The molecule has 1 amide bonds. The molecule has 1 aliphatic rings. The molecule has 22 heavy (non-hydrogen) atoms. The standard InChI is InChI=1S/C19H30N2O/c1-3-13-21(14-17-10-5-4-6-11-17)15-19(22)20-18-12-8-7-9-16(18)2/h4-6,10-11,16,18H,3,7-9,12-15H2,1-2H3,(H,20,22). The van der Waals surface area contributed by atoms with Gasteiger partial charge in [0, 0.05) is 12.6 Å². The highest BCUT2D eigenvalue weighted by atomic mass is 16.2. The Morgan fingerprint density at radius 3 is 2.64 bits per heavy atom. The molecule has 3 nitrogen and oxygen atoms in total. The van der Waals surface area contributed by atoms with E-state index in [1.165, 1.54) is 24.8 Å². The average molecular weight is 302 g/mol. The summed E-state index contributed by atoms with van der Waals surface area (Å²) < 4.78 is 0. The highest BCUT2D eigenvalue weighted by molar-refractivity contribution is 5.78. The number of nitrogens with one attached hydrogen (secondary N) is 1. The van der Waals surface area contributed by atoms with Crippen LogP contribution in [0.15, 0.2) is 30.3 Å². The quantitative estimate of drug-likeness (QED) is 0.835. The zero-order valence-corrected chi connectivity index (χ0v) is 14.1. The Bertz CT molecular complexity index is 446. The molecule has 1 aliphatic carbocycles. The molecule has 0 aromatic heterocycles. The van der Waals surface area contributed by atoms with Gasteiger partial charge in [0.25, 0.3) is 0 Å². The first-order valence-corrected chi connectivity index (χ1v) is 8.74. The fourth-order valence-corrected chi connectivity index (χ4v) is 3.36. The summed E-state index contributed by atoms with van der Waals surface area (Å²) in [6.07, 6.45) is 6.01. The second-order valence-corrected chi connectivity index (χ2v) is 6.63. The lowest BCUT2D eigenvalue weighted by Gasteiger charge is -2.30. The van der Waals surface area contributed by atoms with Crippen LogP contribution in [-0.2, 0) is 11.3 Å². The molecule has 1 aromatic rings. The number of amides is 1. The van der Waals surface area contributed by atoms with E-state index in [4.69, 9.17) is 0 Å². The van der Waals surface area contributed by atoms with Crippen molar-refractivity contribution in [3.63, 3.8) is 0 Å². The van der Waals surface area contributed by atoms with Crippen LogP contribution in [-0.4, -0.2) is 29.9 Å². The molecule has 0 radical (unpaired) electrons. The van der Waals surface area contributed by atoms with Gasteiger partial charge in [0.1, 0.15) is 0 Å². The van der Waals surface area contributed by atoms with E-state index >= 15 is 0 Å². The lowest BCUT2D eigenvalue weighted by atomic mass is 9.86. The van der Waals surface area contributed by atoms with E-state index in [1.54, 1.807) is 0 Å². The lowest BCUT2D eigenvalue weighted by Crippen LogP contribution is -2.45. The average Bonchev–Trinajstić information content (AvgIpc) is 2.51. The van der Waals surface area contributed by atoms with Gasteiger partial charge in [-0.1, -0.05) is 57.0 Å². The van der Waals surface area contributed by atoms with Gasteiger partial charge in [-0.2, -0.15) is 0 Å². The van der Waals surface area contributed by atoms with Gasteiger partial charge in [0.15, 0.2) is 0 Å². The summed E-state index contributed by atoms with van der Waals surface area (Å²) in [6.45, 7) is 6.74. The van der Waals surface area contributed by atoms with Crippen molar-refractivity contribution in [1.82, 2.24) is 10.2 Å². The maximum absolute atomic E-state index is 12.4. The van der Waals surface area contributed by atoms with Crippen LogP contribution in [0.2, 0.25) is 0 Å². The van der Waals surface area contributed by atoms with E-state index in [1.807, 2.05) is 6.07 Å². The summed E-state index contributed by atoms with van der Waals surface area (Å²) in [6, 6.07) is 10.8. The third-order valence-electron chi connectivity index (χ3n) is 4.61. The van der Waals surface area contributed by atoms with Crippen molar-refractivity contribution in [2.75, 3.05) is 13.1 Å². The van der Waals surface area contributed by atoms with Crippen LogP contribution in [0.3, 0.4) is 0 Å². The number of nitrogens with zero attached hydrogens (tertiary/aromatic N) is 1. The normalized spacial score (nSPS) is 21.8. The van der Waals surface area contributed by atoms with Crippen molar-refractivity contribution in [1.29, 1.82) is 0 Å². The molecule has 1 aromatic carbocycles. The Balaban J connectivity index is 1.85. The van der Waals surface area contributed by atoms with Gasteiger partial charge in [-0.15, -0.1) is 0 Å². The number of rotatable bonds is 7. The highest BCUT2D eigenvalue weighted by Gasteiger charge is 2.23. The molecule has 2 unspecified atom stereocenters. The van der Waals surface area contributed by atoms with Gasteiger partial charge in [-0.25, -0.2) is 0 Å². The van der Waals surface area contributed by atoms with Crippen molar-refractivity contribution in [3.05, 3.63) is 35.9 Å². The summed E-state index contributed by atoms with van der Waals surface area (Å²) in [4.78, 5) is 14.6. The van der Waals surface area contributed by atoms with Gasteiger partial charge in [-0.3, -0.25) is 9.69 Å². The first-order valence-electron chi connectivity index (χ1n) is 8.74. The minimum absolute atomic E-state index is 0.183. The molecular formula is C19H30N2O. The molecule has 1 fully saturated rings. The van der Waals surface area contributed by atoms with Gasteiger partial charge in [0.05, 0.1) is 6.54 Å². The Morgan fingerprint density at radius 1 is 1.23 bits per heavy atom. The molecule has 2 atom stereocenters. The van der Waals surface area contributed by atoms with E-state index in [0.29, 0.717) is 18.5 Å². The first kappa shape index (κ1) is 17.0. The molecule has 0 spiro atoms. The summed E-state index contributed by atoms with van der Waals surface area (Å²) in [5.41, 5.74) is 1.27. The van der Waals surface area contributed by atoms with Crippen LogP contribution in [0, 0.1) is 5.92 Å². The fraction of sp³-hybridized carbons (Fsp3) is 0.632. The molecule has 122 valence electrons. The second-order valence-electron chi connectivity index (χ2n) is 6.63. The van der Waals surface area contributed by atoms with E-state index in [2.05, 4.69) is 48.3 Å². The van der Waals surface area contributed by atoms with Crippen LogP contribution in [0.25, 0.3) is 0 Å². The zero-order valence-electron chi connectivity index (χ0n) is 14.1. The lowest BCUT2D eigenvalue weighted by molar-refractivity contribution is -0.123. The molecule has 2 rings (SSSR count).